The monoisotopic (exact) mass is 381 g/mol. The number of aliphatic imine (C=N–C) groups is 1. The largest absolute Gasteiger partial charge is 0.368 e. The Labute approximate surface area is 162 Å². The molecule has 0 saturated carbocycles. The van der Waals surface area contributed by atoms with Gasteiger partial charge < -0.3 is 22.1 Å². The summed E-state index contributed by atoms with van der Waals surface area (Å²) in [6.07, 6.45) is 4.45. The highest BCUT2D eigenvalue weighted by Crippen LogP contribution is 2.29. The van der Waals surface area contributed by atoms with Gasteiger partial charge in [0, 0.05) is 24.5 Å². The van der Waals surface area contributed by atoms with Crippen molar-refractivity contribution in [3.05, 3.63) is 35.5 Å². The molecule has 0 unspecified atom stereocenters. The molecule has 2 aromatic rings. The number of aromatic nitrogens is 2. The standard InChI is InChI=1S/C19H23N7O2/c1-10(2)7-15(17(21)28)25-19-23-9-13(16(20)27)18(26-19)24-12-3-4-14-11(8-12)5-6-22-14/h3-4,6,8-10,15H,5,7H2,1-2H3,(H2,20,27)(H2,21,28)(H2,23,24,25,26)/t15-/m1/s1. The number of carbonyl (C=O) groups excluding carboxylic acids is 2. The predicted octanol–water partition coefficient (Wildman–Crippen LogP) is 1.89. The van der Waals surface area contributed by atoms with Crippen molar-refractivity contribution in [2.24, 2.45) is 22.4 Å². The second-order valence-electron chi connectivity index (χ2n) is 7.03. The van der Waals surface area contributed by atoms with E-state index in [2.05, 4.69) is 25.6 Å². The highest BCUT2D eigenvalue weighted by atomic mass is 16.1. The van der Waals surface area contributed by atoms with E-state index < -0.39 is 17.9 Å². The van der Waals surface area contributed by atoms with E-state index in [9.17, 15) is 9.59 Å². The Kier molecular flexibility index (Phi) is 5.53. The number of hydrogen-bond donors (Lipinski definition) is 4. The van der Waals surface area contributed by atoms with Gasteiger partial charge in [-0.3, -0.25) is 14.6 Å². The fourth-order valence-electron chi connectivity index (χ4n) is 2.93. The molecule has 1 aliphatic heterocycles. The Bertz CT molecular complexity index is 940. The summed E-state index contributed by atoms with van der Waals surface area (Å²) in [6, 6.07) is 5.04. The first-order chi connectivity index (χ1) is 13.3. The van der Waals surface area contributed by atoms with Crippen molar-refractivity contribution in [1.82, 2.24) is 9.97 Å². The van der Waals surface area contributed by atoms with Gasteiger partial charge in [0.2, 0.25) is 11.9 Å². The van der Waals surface area contributed by atoms with Crippen LogP contribution >= 0.6 is 0 Å². The molecule has 0 bridgehead atoms. The zero-order valence-corrected chi connectivity index (χ0v) is 15.8. The Morgan fingerprint density at radius 1 is 1.25 bits per heavy atom. The lowest BCUT2D eigenvalue weighted by atomic mass is 10.0. The third-order valence-corrected chi connectivity index (χ3v) is 4.29. The van der Waals surface area contributed by atoms with Crippen LogP contribution in [0.1, 0.15) is 36.2 Å². The van der Waals surface area contributed by atoms with Crippen LogP contribution in [-0.2, 0) is 11.2 Å². The maximum absolute atomic E-state index is 11.8. The van der Waals surface area contributed by atoms with Crippen LogP contribution in [0.5, 0.6) is 0 Å². The van der Waals surface area contributed by atoms with E-state index in [1.54, 1.807) is 0 Å². The SMILES string of the molecule is CC(C)C[C@@H](Nc1ncc(C(N)=O)c(Nc2ccc3c(c2)CC=N3)n1)C(N)=O. The topological polar surface area (TPSA) is 148 Å². The van der Waals surface area contributed by atoms with E-state index in [0.717, 1.165) is 23.4 Å². The lowest BCUT2D eigenvalue weighted by molar-refractivity contribution is -0.119. The van der Waals surface area contributed by atoms with Crippen molar-refractivity contribution < 1.29 is 9.59 Å². The molecule has 1 atom stereocenters. The Hall–Kier alpha value is -3.49. The fourth-order valence-corrected chi connectivity index (χ4v) is 2.93. The number of nitrogens with zero attached hydrogens (tertiary/aromatic N) is 3. The molecule has 1 aromatic carbocycles. The third-order valence-electron chi connectivity index (χ3n) is 4.29. The maximum atomic E-state index is 11.8. The highest BCUT2D eigenvalue weighted by Gasteiger charge is 2.20. The number of fused-ring (bicyclic) bond motifs is 1. The summed E-state index contributed by atoms with van der Waals surface area (Å²) in [6.45, 7) is 3.97. The zero-order valence-electron chi connectivity index (χ0n) is 15.8. The van der Waals surface area contributed by atoms with Gasteiger partial charge in [-0.15, -0.1) is 0 Å². The van der Waals surface area contributed by atoms with Gasteiger partial charge >= 0.3 is 0 Å². The average molecular weight is 381 g/mol. The number of amides is 2. The number of primary amides is 2. The second-order valence-corrected chi connectivity index (χ2v) is 7.03. The third kappa shape index (κ3) is 4.43. The molecule has 9 heteroatoms. The minimum atomic E-state index is -0.660. The molecular formula is C19H23N7O2. The first kappa shape index (κ1) is 19.3. The van der Waals surface area contributed by atoms with E-state index in [0.29, 0.717) is 6.42 Å². The fraction of sp³-hybridized carbons (Fsp3) is 0.316. The summed E-state index contributed by atoms with van der Waals surface area (Å²) >= 11 is 0. The second kappa shape index (κ2) is 8.03. The number of nitrogens with one attached hydrogen (secondary N) is 2. The number of carbonyl (C=O) groups is 2. The molecule has 2 amide bonds. The van der Waals surface area contributed by atoms with Crippen LogP contribution in [0.25, 0.3) is 0 Å². The average Bonchev–Trinajstić information content (AvgIpc) is 3.08. The zero-order chi connectivity index (χ0) is 20.3. The van der Waals surface area contributed by atoms with Crippen LogP contribution in [0.3, 0.4) is 0 Å². The molecule has 0 radical (unpaired) electrons. The predicted molar refractivity (Wildman–Crippen MR) is 108 cm³/mol. The van der Waals surface area contributed by atoms with Crippen LogP contribution in [0.4, 0.5) is 23.1 Å². The number of hydrogen-bond acceptors (Lipinski definition) is 7. The molecule has 0 aliphatic carbocycles. The molecule has 9 nitrogen and oxygen atoms in total. The molecule has 6 N–H and O–H groups in total. The van der Waals surface area contributed by atoms with Gasteiger partial charge in [-0.1, -0.05) is 13.8 Å². The molecule has 1 aromatic heterocycles. The summed E-state index contributed by atoms with van der Waals surface area (Å²) in [4.78, 5) is 36.2. The van der Waals surface area contributed by atoms with Crippen LogP contribution in [0.2, 0.25) is 0 Å². The lowest BCUT2D eigenvalue weighted by Crippen LogP contribution is -2.37. The van der Waals surface area contributed by atoms with Crippen LogP contribution in [0, 0.1) is 5.92 Å². The van der Waals surface area contributed by atoms with Crippen LogP contribution in [-0.4, -0.2) is 34.0 Å². The Morgan fingerprint density at radius 2 is 2.04 bits per heavy atom. The highest BCUT2D eigenvalue weighted by molar-refractivity contribution is 5.98. The van der Waals surface area contributed by atoms with E-state index in [1.807, 2.05) is 38.3 Å². The first-order valence-corrected chi connectivity index (χ1v) is 8.98. The van der Waals surface area contributed by atoms with Crippen molar-refractivity contribution in [1.29, 1.82) is 0 Å². The Morgan fingerprint density at radius 3 is 2.71 bits per heavy atom. The van der Waals surface area contributed by atoms with E-state index in [1.165, 1.54) is 6.20 Å². The van der Waals surface area contributed by atoms with Crippen LogP contribution < -0.4 is 22.1 Å². The molecule has 3 rings (SSSR count). The number of benzene rings is 1. The molecule has 0 saturated heterocycles. The molecule has 0 fully saturated rings. The van der Waals surface area contributed by atoms with Gasteiger partial charge in [-0.05, 0) is 36.1 Å². The molecule has 0 spiro atoms. The van der Waals surface area contributed by atoms with E-state index in [4.69, 9.17) is 11.5 Å². The first-order valence-electron chi connectivity index (χ1n) is 8.98. The Balaban J connectivity index is 1.87. The summed E-state index contributed by atoms with van der Waals surface area (Å²) in [7, 11) is 0. The minimum absolute atomic E-state index is 0.141. The number of nitrogens with two attached hydrogens (primary N) is 2. The lowest BCUT2D eigenvalue weighted by Gasteiger charge is -2.18. The van der Waals surface area contributed by atoms with Crippen molar-refractivity contribution in [2.75, 3.05) is 10.6 Å². The van der Waals surface area contributed by atoms with Crippen molar-refractivity contribution in [2.45, 2.75) is 32.7 Å². The summed E-state index contributed by atoms with van der Waals surface area (Å²) < 4.78 is 0. The van der Waals surface area contributed by atoms with Gasteiger partial charge in [0.15, 0.2) is 0 Å². The van der Waals surface area contributed by atoms with Gasteiger partial charge in [0.05, 0.1) is 5.69 Å². The number of rotatable bonds is 8. The van der Waals surface area contributed by atoms with Gasteiger partial charge in [0.25, 0.3) is 5.91 Å². The molecular weight excluding hydrogens is 358 g/mol. The van der Waals surface area contributed by atoms with Crippen molar-refractivity contribution in [3.63, 3.8) is 0 Å². The maximum Gasteiger partial charge on any atom is 0.254 e. The van der Waals surface area contributed by atoms with E-state index >= 15 is 0 Å². The molecule has 146 valence electrons. The molecule has 1 aliphatic rings. The summed E-state index contributed by atoms with van der Waals surface area (Å²) in [5.41, 5.74) is 13.8. The molecule has 2 heterocycles. The normalized spacial score (nSPS) is 13.2. The van der Waals surface area contributed by atoms with Gasteiger partial charge in [-0.2, -0.15) is 4.98 Å². The summed E-state index contributed by atoms with van der Waals surface area (Å²) in [5.74, 6) is -0.476. The smallest absolute Gasteiger partial charge is 0.254 e. The quantitative estimate of drug-likeness (QED) is 0.549. The minimum Gasteiger partial charge on any atom is -0.368 e. The number of anilines is 3. The van der Waals surface area contributed by atoms with E-state index in [-0.39, 0.29) is 23.2 Å². The van der Waals surface area contributed by atoms with Crippen LogP contribution in [0.15, 0.2) is 29.4 Å². The molecule has 28 heavy (non-hydrogen) atoms. The van der Waals surface area contributed by atoms with Crippen molar-refractivity contribution in [3.8, 4) is 0 Å². The summed E-state index contributed by atoms with van der Waals surface area (Å²) in [5, 5.41) is 6.04. The van der Waals surface area contributed by atoms with Gasteiger partial charge in [-0.25, -0.2) is 4.98 Å². The van der Waals surface area contributed by atoms with Gasteiger partial charge in [0.1, 0.15) is 17.4 Å². The van der Waals surface area contributed by atoms with Crippen molar-refractivity contribution >= 4 is 41.2 Å².